The number of aryl methyl sites for hydroxylation is 1. The molecule has 1 saturated heterocycles. The van der Waals surface area contributed by atoms with Crippen LogP contribution >= 0.6 is 11.8 Å². The van der Waals surface area contributed by atoms with E-state index in [0.717, 1.165) is 23.2 Å². The lowest BCUT2D eigenvalue weighted by molar-refractivity contribution is -0.113. The van der Waals surface area contributed by atoms with Gasteiger partial charge in [-0.3, -0.25) is 9.59 Å². The molecule has 4 heterocycles. The van der Waals surface area contributed by atoms with E-state index in [0.29, 0.717) is 60.8 Å². The number of aliphatic imine (C=N–C) groups is 1. The van der Waals surface area contributed by atoms with Crippen LogP contribution in [0, 0.1) is 11.3 Å². The first-order valence-corrected chi connectivity index (χ1v) is 14.1. The van der Waals surface area contributed by atoms with Crippen LogP contribution in [0.3, 0.4) is 0 Å². The Kier molecular flexibility index (Phi) is 7.01. The Labute approximate surface area is 225 Å². The number of amides is 2. The number of hydrogen-bond acceptors (Lipinski definition) is 7. The third-order valence-electron chi connectivity index (χ3n) is 7.09. The highest BCUT2D eigenvalue weighted by atomic mass is 32.2. The lowest BCUT2D eigenvalue weighted by Crippen LogP contribution is -2.57. The number of thioether (sulfide) groups is 1. The summed E-state index contributed by atoms with van der Waals surface area (Å²) in [5, 5.41) is 19.9. The molecule has 0 radical (unpaired) electrons. The molecule has 0 bridgehead atoms. The van der Waals surface area contributed by atoms with Crippen LogP contribution in [0.1, 0.15) is 59.9 Å². The van der Waals surface area contributed by atoms with Crippen molar-refractivity contribution < 1.29 is 14.0 Å². The summed E-state index contributed by atoms with van der Waals surface area (Å²) < 4.78 is 15.6. The molecule has 3 aliphatic rings. The zero-order chi connectivity index (χ0) is 27.0. The van der Waals surface area contributed by atoms with E-state index in [2.05, 4.69) is 34.7 Å². The summed E-state index contributed by atoms with van der Waals surface area (Å²) >= 11 is 1.38. The first kappa shape index (κ1) is 26.0. The highest BCUT2D eigenvalue weighted by molar-refractivity contribution is 7.99. The van der Waals surface area contributed by atoms with Crippen LogP contribution < -0.4 is 15.5 Å². The van der Waals surface area contributed by atoms with Crippen LogP contribution in [-0.2, 0) is 17.6 Å². The molecule has 0 saturated carbocycles. The van der Waals surface area contributed by atoms with Crippen molar-refractivity contribution in [1.29, 1.82) is 5.26 Å². The van der Waals surface area contributed by atoms with Crippen molar-refractivity contribution in [2.75, 3.05) is 35.3 Å². The molecule has 2 aromatic rings. The quantitative estimate of drug-likeness (QED) is 0.582. The predicted octanol–water partition coefficient (Wildman–Crippen LogP) is 3.77. The minimum atomic E-state index is -1.16. The number of nitriles is 1. The van der Waals surface area contributed by atoms with Crippen LogP contribution in [-0.4, -0.2) is 58.2 Å². The standard InChI is InChI=1S/C27H30FN7O2S/c1-4-17-9-18(34-14-27(2,28)15-34)6-7-19(17)20-10-21-24(26(37)31-20)25(32-23(36)13-38-3)35(33-21)22-8-5-16(11-29)12-30-22/h6-7,9,12,20H,4-5,8,10,13-15H2,1-3H3,(H,31,37)(H,32,36). The third kappa shape index (κ3) is 4.92. The van der Waals surface area contributed by atoms with Crippen molar-refractivity contribution in [3.63, 3.8) is 0 Å². The van der Waals surface area contributed by atoms with E-state index in [1.807, 2.05) is 23.3 Å². The fourth-order valence-electron chi connectivity index (χ4n) is 5.25. The Balaban J connectivity index is 1.48. The second-order valence-corrected chi connectivity index (χ2v) is 11.0. The maximum absolute atomic E-state index is 14.1. The predicted molar refractivity (Wildman–Crippen MR) is 146 cm³/mol. The summed E-state index contributed by atoms with van der Waals surface area (Å²) in [4.78, 5) is 32.4. The fraction of sp³-hybridized carbons (Fsp3) is 0.444. The summed E-state index contributed by atoms with van der Waals surface area (Å²) in [6, 6.07) is 7.89. The minimum Gasteiger partial charge on any atom is -0.365 e. The van der Waals surface area contributed by atoms with Gasteiger partial charge in [-0.05, 0) is 49.3 Å². The Morgan fingerprint density at radius 2 is 2.16 bits per heavy atom. The maximum atomic E-state index is 14.1. The summed E-state index contributed by atoms with van der Waals surface area (Å²) in [6.07, 6.45) is 5.53. The molecule has 11 heteroatoms. The Bertz CT molecular complexity index is 1400. The van der Waals surface area contributed by atoms with Gasteiger partial charge in [0.15, 0.2) is 5.82 Å². The molecule has 2 N–H and O–H groups in total. The number of rotatable bonds is 6. The fourth-order valence-corrected chi connectivity index (χ4v) is 5.58. The summed E-state index contributed by atoms with van der Waals surface area (Å²) in [5.74, 6) is 0.560. The van der Waals surface area contributed by atoms with Crippen molar-refractivity contribution in [2.24, 2.45) is 4.99 Å². The third-order valence-corrected chi connectivity index (χ3v) is 7.64. The number of fused-ring (bicyclic) bond motifs is 1. The molecular formula is C27H30FN7O2S. The molecule has 9 nitrogen and oxygen atoms in total. The Morgan fingerprint density at radius 3 is 2.79 bits per heavy atom. The zero-order valence-corrected chi connectivity index (χ0v) is 22.5. The molecule has 1 aromatic heterocycles. The summed E-state index contributed by atoms with van der Waals surface area (Å²) in [5.41, 5.74) is 3.40. The van der Waals surface area contributed by atoms with Crippen molar-refractivity contribution in [2.45, 2.75) is 51.2 Å². The number of benzene rings is 1. The van der Waals surface area contributed by atoms with Crippen LogP contribution in [0.4, 0.5) is 15.9 Å². The number of allylic oxidation sites excluding steroid dienone is 1. The first-order valence-electron chi connectivity index (χ1n) is 12.7. The maximum Gasteiger partial charge on any atom is 0.257 e. The Morgan fingerprint density at radius 1 is 1.37 bits per heavy atom. The number of aromatic nitrogens is 2. The van der Waals surface area contributed by atoms with Gasteiger partial charge in [-0.15, -0.1) is 0 Å². The zero-order valence-electron chi connectivity index (χ0n) is 21.7. The Hall–Kier alpha value is -3.65. The van der Waals surface area contributed by atoms with Gasteiger partial charge < -0.3 is 15.5 Å². The van der Waals surface area contributed by atoms with Gasteiger partial charge in [0.1, 0.15) is 17.1 Å². The molecule has 198 valence electrons. The van der Waals surface area contributed by atoms with Gasteiger partial charge in [-0.2, -0.15) is 22.1 Å². The number of carbonyl (C=O) groups excluding carboxylic acids is 2. The van der Waals surface area contributed by atoms with Gasteiger partial charge in [0.2, 0.25) is 5.91 Å². The molecule has 38 heavy (non-hydrogen) atoms. The van der Waals surface area contributed by atoms with E-state index in [4.69, 9.17) is 5.10 Å². The van der Waals surface area contributed by atoms with E-state index in [9.17, 15) is 19.2 Å². The largest absolute Gasteiger partial charge is 0.365 e. The van der Waals surface area contributed by atoms with Gasteiger partial charge in [-0.25, -0.2) is 14.1 Å². The molecule has 1 fully saturated rings. The van der Waals surface area contributed by atoms with E-state index in [-0.39, 0.29) is 23.6 Å². The number of carbonyl (C=O) groups is 2. The SMILES string of the molecule is CCc1cc(N2CC(C)(F)C2)ccc1C1Cc2nn(C3=NC=C(C#N)CC3)c(NC(=O)CSC)c2C(=O)N1. The van der Waals surface area contributed by atoms with Crippen molar-refractivity contribution in [1.82, 2.24) is 15.1 Å². The number of hydrogen-bond donors (Lipinski definition) is 2. The van der Waals surface area contributed by atoms with E-state index >= 15 is 0 Å². The lowest BCUT2D eigenvalue weighted by Gasteiger charge is -2.44. The van der Waals surface area contributed by atoms with Crippen LogP contribution in [0.15, 0.2) is 35.0 Å². The highest BCUT2D eigenvalue weighted by Gasteiger charge is 2.39. The number of alkyl halides is 1. The van der Waals surface area contributed by atoms with E-state index in [1.165, 1.54) is 22.6 Å². The molecule has 1 atom stereocenters. The van der Waals surface area contributed by atoms with Gasteiger partial charge in [-0.1, -0.05) is 13.0 Å². The van der Waals surface area contributed by atoms with Gasteiger partial charge in [0, 0.05) is 30.3 Å². The van der Waals surface area contributed by atoms with Crippen LogP contribution in [0.5, 0.6) is 0 Å². The molecule has 0 aliphatic carbocycles. The minimum absolute atomic E-state index is 0.236. The summed E-state index contributed by atoms with van der Waals surface area (Å²) in [7, 11) is 0. The van der Waals surface area contributed by atoms with E-state index < -0.39 is 5.67 Å². The number of anilines is 2. The van der Waals surface area contributed by atoms with Crippen molar-refractivity contribution in [3.8, 4) is 6.07 Å². The molecule has 2 amide bonds. The number of halogens is 1. The van der Waals surface area contributed by atoms with Crippen LogP contribution in [0.25, 0.3) is 0 Å². The molecular weight excluding hydrogens is 505 g/mol. The first-order chi connectivity index (χ1) is 18.2. The topological polar surface area (TPSA) is 115 Å². The molecule has 0 spiro atoms. The molecule has 1 aromatic carbocycles. The van der Waals surface area contributed by atoms with E-state index in [1.54, 1.807) is 6.92 Å². The molecule has 5 rings (SSSR count). The monoisotopic (exact) mass is 535 g/mol. The average molecular weight is 536 g/mol. The second kappa shape index (κ2) is 10.3. The molecule has 1 unspecified atom stereocenters. The smallest absolute Gasteiger partial charge is 0.257 e. The average Bonchev–Trinajstić information content (AvgIpc) is 3.25. The lowest BCUT2D eigenvalue weighted by atomic mass is 9.90. The number of nitrogens with zero attached hydrogens (tertiary/aromatic N) is 5. The molecule has 3 aliphatic heterocycles. The van der Waals surface area contributed by atoms with Gasteiger partial charge in [0.25, 0.3) is 5.91 Å². The highest BCUT2D eigenvalue weighted by Crippen LogP contribution is 2.36. The second-order valence-electron chi connectivity index (χ2n) is 10.1. The van der Waals surface area contributed by atoms with Crippen molar-refractivity contribution >= 4 is 40.9 Å². The van der Waals surface area contributed by atoms with Gasteiger partial charge >= 0.3 is 0 Å². The van der Waals surface area contributed by atoms with Crippen molar-refractivity contribution in [3.05, 3.63) is 52.4 Å². The normalized spacial score (nSPS) is 19.9. The number of nitrogens with one attached hydrogen (secondary N) is 2. The summed E-state index contributed by atoms with van der Waals surface area (Å²) in [6.45, 7) is 4.42. The van der Waals surface area contributed by atoms with Gasteiger partial charge in [0.05, 0.1) is 36.6 Å². The van der Waals surface area contributed by atoms with Crippen LogP contribution in [0.2, 0.25) is 0 Å².